The first kappa shape index (κ1) is 18.3. The third-order valence-corrected chi connectivity index (χ3v) is 6.13. The van der Waals surface area contributed by atoms with Crippen molar-refractivity contribution in [1.82, 2.24) is 20.1 Å². The van der Waals surface area contributed by atoms with E-state index in [1.54, 1.807) is 6.20 Å². The normalized spacial score (nSPS) is 17.7. The van der Waals surface area contributed by atoms with Crippen LogP contribution in [-0.4, -0.2) is 20.7 Å². The summed E-state index contributed by atoms with van der Waals surface area (Å²) in [5.41, 5.74) is 5.00. The van der Waals surface area contributed by atoms with Crippen LogP contribution in [0.25, 0.3) is 11.0 Å². The van der Waals surface area contributed by atoms with Crippen LogP contribution in [0, 0.1) is 12.8 Å². The van der Waals surface area contributed by atoms with Gasteiger partial charge in [0, 0.05) is 17.7 Å². The molecule has 2 fully saturated rings. The lowest BCUT2D eigenvalue weighted by Gasteiger charge is -2.20. The van der Waals surface area contributed by atoms with E-state index >= 15 is 0 Å². The Morgan fingerprint density at radius 2 is 1.86 bits per heavy atom. The van der Waals surface area contributed by atoms with Crippen molar-refractivity contribution in [2.24, 2.45) is 5.92 Å². The summed E-state index contributed by atoms with van der Waals surface area (Å²) in [6, 6.07) is 10.8. The Labute approximate surface area is 171 Å². The number of pyridine rings is 1. The highest BCUT2D eigenvalue weighted by Crippen LogP contribution is 2.42. The third-order valence-electron chi connectivity index (χ3n) is 6.13. The summed E-state index contributed by atoms with van der Waals surface area (Å²) in [6.45, 7) is 6.28. The van der Waals surface area contributed by atoms with Gasteiger partial charge in [0.15, 0.2) is 5.65 Å². The number of nitrogens with one attached hydrogen (secondary N) is 1. The molecule has 1 aromatic carbocycles. The molecule has 1 unspecified atom stereocenters. The van der Waals surface area contributed by atoms with Crippen LogP contribution in [0.4, 0.5) is 0 Å². The lowest BCUT2D eigenvalue weighted by atomic mass is 10.00. The van der Waals surface area contributed by atoms with Gasteiger partial charge in [0.1, 0.15) is 0 Å². The zero-order valence-electron chi connectivity index (χ0n) is 17.4. The van der Waals surface area contributed by atoms with E-state index in [1.807, 2.05) is 10.7 Å². The number of rotatable bonds is 6. The van der Waals surface area contributed by atoms with Gasteiger partial charge >= 0.3 is 0 Å². The van der Waals surface area contributed by atoms with E-state index in [0.29, 0.717) is 17.4 Å². The van der Waals surface area contributed by atoms with Crippen molar-refractivity contribution in [3.05, 3.63) is 58.9 Å². The minimum absolute atomic E-state index is 0.0138. The fourth-order valence-corrected chi connectivity index (χ4v) is 4.09. The number of hydrogen-bond donors (Lipinski definition) is 1. The molecule has 5 rings (SSSR count). The largest absolute Gasteiger partial charge is 0.345 e. The Morgan fingerprint density at radius 1 is 1.14 bits per heavy atom. The summed E-state index contributed by atoms with van der Waals surface area (Å²) >= 11 is 0. The van der Waals surface area contributed by atoms with Crippen LogP contribution in [0.1, 0.15) is 84.7 Å². The van der Waals surface area contributed by atoms with E-state index in [-0.39, 0.29) is 18.0 Å². The van der Waals surface area contributed by atoms with E-state index in [9.17, 15) is 4.79 Å². The minimum atomic E-state index is -0.0138. The van der Waals surface area contributed by atoms with Crippen LogP contribution in [0.15, 0.2) is 36.5 Å². The number of aryl methyl sites for hydroxylation is 1. The zero-order chi connectivity index (χ0) is 20.1. The number of hydrogen-bond acceptors (Lipinski definition) is 3. The smallest absolute Gasteiger partial charge is 0.252 e. The van der Waals surface area contributed by atoms with Gasteiger partial charge in [0.25, 0.3) is 5.91 Å². The maximum Gasteiger partial charge on any atom is 0.252 e. The molecule has 5 heteroatoms. The first-order valence-electron chi connectivity index (χ1n) is 10.8. The van der Waals surface area contributed by atoms with Gasteiger partial charge in [0.2, 0.25) is 0 Å². The lowest BCUT2D eigenvalue weighted by Crippen LogP contribution is -2.30. The summed E-state index contributed by atoms with van der Waals surface area (Å²) in [5, 5.41) is 8.72. The van der Waals surface area contributed by atoms with E-state index in [0.717, 1.165) is 29.6 Å². The molecule has 0 aliphatic heterocycles. The van der Waals surface area contributed by atoms with Gasteiger partial charge in [-0.2, -0.15) is 5.10 Å². The second-order valence-corrected chi connectivity index (χ2v) is 8.99. The average Bonchev–Trinajstić information content (AvgIpc) is 3.62. The number of carbonyl (C=O) groups excluding carboxylic acids is 1. The van der Waals surface area contributed by atoms with Crippen molar-refractivity contribution in [3.63, 3.8) is 0 Å². The van der Waals surface area contributed by atoms with Crippen LogP contribution in [0.2, 0.25) is 0 Å². The SMILES string of the molecule is Cc1ccc(C(NC(=O)c2cc(C3CC3)nc3c2cnn3C(C)C)C2CC2)cc1. The van der Waals surface area contributed by atoms with Gasteiger partial charge in [-0.3, -0.25) is 4.79 Å². The highest BCUT2D eigenvalue weighted by molar-refractivity contribution is 6.05. The molecule has 3 aromatic rings. The van der Waals surface area contributed by atoms with Crippen LogP contribution in [-0.2, 0) is 0 Å². The average molecular weight is 389 g/mol. The first-order valence-corrected chi connectivity index (χ1v) is 10.8. The van der Waals surface area contributed by atoms with Gasteiger partial charge in [-0.15, -0.1) is 0 Å². The summed E-state index contributed by atoms with van der Waals surface area (Å²) in [6.07, 6.45) is 6.45. The molecule has 150 valence electrons. The fourth-order valence-electron chi connectivity index (χ4n) is 4.09. The molecule has 2 aromatic heterocycles. The van der Waals surface area contributed by atoms with Crippen molar-refractivity contribution in [3.8, 4) is 0 Å². The molecule has 2 heterocycles. The standard InChI is InChI=1S/C24H28N4O/c1-14(2)28-23-20(13-25-28)19(12-21(26-23)16-8-9-16)24(29)27-22(18-10-11-18)17-6-4-15(3)5-7-17/h4-7,12-14,16,18,22H,8-11H2,1-3H3,(H,27,29). The molecular formula is C24H28N4O. The molecule has 0 spiro atoms. The maximum atomic E-state index is 13.4. The van der Waals surface area contributed by atoms with Crippen LogP contribution in [0.5, 0.6) is 0 Å². The number of amides is 1. The molecule has 2 aliphatic carbocycles. The van der Waals surface area contributed by atoms with Crippen molar-refractivity contribution in [2.75, 3.05) is 0 Å². The molecule has 29 heavy (non-hydrogen) atoms. The van der Waals surface area contributed by atoms with Gasteiger partial charge in [-0.05, 0) is 64.0 Å². The molecule has 2 aliphatic rings. The molecule has 1 N–H and O–H groups in total. The molecule has 1 amide bonds. The number of fused-ring (bicyclic) bond motifs is 1. The van der Waals surface area contributed by atoms with Gasteiger partial charge in [0.05, 0.1) is 23.2 Å². The van der Waals surface area contributed by atoms with Crippen molar-refractivity contribution in [2.45, 2.75) is 64.5 Å². The van der Waals surface area contributed by atoms with Crippen molar-refractivity contribution >= 4 is 16.9 Å². The molecule has 0 radical (unpaired) electrons. The molecule has 1 atom stereocenters. The predicted octanol–water partition coefficient (Wildman–Crippen LogP) is 5.08. The van der Waals surface area contributed by atoms with Crippen molar-refractivity contribution < 1.29 is 4.79 Å². The van der Waals surface area contributed by atoms with E-state index in [1.165, 1.54) is 24.0 Å². The Morgan fingerprint density at radius 3 is 2.48 bits per heavy atom. The Hall–Kier alpha value is -2.69. The molecule has 2 saturated carbocycles. The third kappa shape index (κ3) is 3.54. The molecule has 0 saturated heterocycles. The molecular weight excluding hydrogens is 360 g/mol. The number of aromatic nitrogens is 3. The summed E-state index contributed by atoms with van der Waals surface area (Å²) < 4.78 is 1.93. The molecule has 0 bridgehead atoms. The molecule has 5 nitrogen and oxygen atoms in total. The van der Waals surface area contributed by atoms with E-state index in [2.05, 4.69) is 55.5 Å². The first-order chi connectivity index (χ1) is 14.0. The van der Waals surface area contributed by atoms with E-state index in [4.69, 9.17) is 4.98 Å². The maximum absolute atomic E-state index is 13.4. The number of carbonyl (C=O) groups is 1. The lowest BCUT2D eigenvalue weighted by molar-refractivity contribution is 0.0933. The predicted molar refractivity (Wildman–Crippen MR) is 114 cm³/mol. The summed E-state index contributed by atoms with van der Waals surface area (Å²) in [5.74, 6) is 0.998. The van der Waals surface area contributed by atoms with Gasteiger partial charge in [-0.1, -0.05) is 29.8 Å². The Kier molecular flexibility index (Phi) is 4.41. The quantitative estimate of drug-likeness (QED) is 0.641. The van der Waals surface area contributed by atoms with Crippen LogP contribution < -0.4 is 5.32 Å². The second kappa shape index (κ2) is 6.97. The zero-order valence-corrected chi connectivity index (χ0v) is 17.4. The fraction of sp³-hybridized carbons (Fsp3) is 0.458. The van der Waals surface area contributed by atoms with Crippen molar-refractivity contribution in [1.29, 1.82) is 0 Å². The minimum Gasteiger partial charge on any atom is -0.345 e. The monoisotopic (exact) mass is 388 g/mol. The van der Waals surface area contributed by atoms with Gasteiger partial charge < -0.3 is 5.32 Å². The summed E-state index contributed by atoms with van der Waals surface area (Å²) in [7, 11) is 0. The highest BCUT2D eigenvalue weighted by atomic mass is 16.1. The van der Waals surface area contributed by atoms with E-state index < -0.39 is 0 Å². The number of benzene rings is 1. The van der Waals surface area contributed by atoms with Crippen LogP contribution in [0.3, 0.4) is 0 Å². The Bertz CT molecular complexity index is 1060. The highest BCUT2D eigenvalue weighted by Gasteiger charge is 2.34. The summed E-state index contributed by atoms with van der Waals surface area (Å²) in [4.78, 5) is 18.3. The second-order valence-electron chi connectivity index (χ2n) is 8.99. The van der Waals surface area contributed by atoms with Crippen LogP contribution >= 0.6 is 0 Å². The topological polar surface area (TPSA) is 59.8 Å². The number of nitrogens with zero attached hydrogens (tertiary/aromatic N) is 3. The Balaban J connectivity index is 1.52. The van der Waals surface area contributed by atoms with Gasteiger partial charge in [-0.25, -0.2) is 9.67 Å².